The fraction of sp³-hybridized carbons (Fsp3) is 0.200. The first-order valence-corrected chi connectivity index (χ1v) is 11.4. The number of sulfone groups is 1. The van der Waals surface area contributed by atoms with E-state index in [4.69, 9.17) is 4.74 Å². The van der Waals surface area contributed by atoms with Crippen molar-refractivity contribution in [1.82, 2.24) is 14.6 Å². The minimum absolute atomic E-state index is 0.396. The number of aromatic nitrogens is 3. The molecule has 2 aromatic heterocycles. The van der Waals surface area contributed by atoms with Gasteiger partial charge in [0, 0.05) is 17.2 Å². The average Bonchev–Trinajstić information content (AvgIpc) is 3.15. The molecule has 0 N–H and O–H groups in total. The zero-order valence-corrected chi connectivity index (χ0v) is 17.7. The molecule has 0 spiro atoms. The van der Waals surface area contributed by atoms with E-state index in [1.807, 2.05) is 35.6 Å². The van der Waals surface area contributed by atoms with Gasteiger partial charge in [0.25, 0.3) is 0 Å². The highest BCUT2D eigenvalue weighted by Crippen LogP contribution is 2.30. The molecular formula is C20H17F2N3O3S2. The van der Waals surface area contributed by atoms with Crippen molar-refractivity contribution >= 4 is 38.1 Å². The maximum Gasteiger partial charge on any atom is 0.341 e. The predicted molar refractivity (Wildman–Crippen MR) is 111 cm³/mol. The first kappa shape index (κ1) is 20.5. The molecule has 0 amide bonds. The van der Waals surface area contributed by atoms with Crippen molar-refractivity contribution in [2.24, 2.45) is 0 Å². The maximum absolute atomic E-state index is 12.7. The Morgan fingerprint density at radius 1 is 1.10 bits per heavy atom. The van der Waals surface area contributed by atoms with E-state index in [0.717, 1.165) is 27.8 Å². The zero-order chi connectivity index (χ0) is 21.5. The van der Waals surface area contributed by atoms with Crippen LogP contribution in [0.1, 0.15) is 11.1 Å². The predicted octanol–water partition coefficient (Wildman–Crippen LogP) is 4.49. The molecule has 0 saturated heterocycles. The second kappa shape index (κ2) is 7.84. The molecule has 4 rings (SSSR count). The first-order chi connectivity index (χ1) is 14.3. The Morgan fingerprint density at radius 2 is 1.83 bits per heavy atom. The van der Waals surface area contributed by atoms with Gasteiger partial charge in [0.2, 0.25) is 9.84 Å². The van der Waals surface area contributed by atoms with Gasteiger partial charge in [0.1, 0.15) is 5.75 Å². The lowest BCUT2D eigenvalue weighted by Crippen LogP contribution is -2.11. The number of alkyl halides is 2. The molecule has 0 bridgehead atoms. The molecule has 0 atom stereocenters. The molecule has 0 saturated carbocycles. The highest BCUT2D eigenvalue weighted by atomic mass is 32.2. The molecule has 0 aliphatic heterocycles. The first-order valence-electron chi connectivity index (χ1n) is 8.87. The lowest BCUT2D eigenvalue weighted by molar-refractivity contribution is 0.234. The molecule has 0 aliphatic rings. The molecule has 30 heavy (non-hydrogen) atoms. The van der Waals surface area contributed by atoms with E-state index < -0.39 is 20.5 Å². The Kier molecular flexibility index (Phi) is 5.37. The third-order valence-electron chi connectivity index (χ3n) is 4.73. The van der Waals surface area contributed by atoms with E-state index in [1.54, 1.807) is 7.11 Å². The molecular weight excluding hydrogens is 432 g/mol. The lowest BCUT2D eigenvalue weighted by atomic mass is 10.1. The number of hydrogen-bond acceptors (Lipinski definition) is 6. The number of rotatable bonds is 6. The Labute approximate surface area is 175 Å². The van der Waals surface area contributed by atoms with Crippen molar-refractivity contribution in [3.63, 3.8) is 0 Å². The van der Waals surface area contributed by atoms with Crippen LogP contribution >= 0.6 is 11.8 Å². The van der Waals surface area contributed by atoms with Gasteiger partial charge >= 0.3 is 5.76 Å². The Hall–Kier alpha value is -2.72. The normalized spacial score (nSPS) is 12.2. The van der Waals surface area contributed by atoms with Gasteiger partial charge < -0.3 is 4.74 Å². The smallest absolute Gasteiger partial charge is 0.341 e. The average molecular weight is 450 g/mol. The van der Waals surface area contributed by atoms with Crippen LogP contribution < -0.4 is 4.74 Å². The fourth-order valence-electron chi connectivity index (χ4n) is 3.15. The monoisotopic (exact) mass is 449 g/mol. The van der Waals surface area contributed by atoms with Gasteiger partial charge in [0.05, 0.1) is 17.5 Å². The minimum Gasteiger partial charge on any atom is -0.497 e. The van der Waals surface area contributed by atoms with Crippen LogP contribution in [0.25, 0.3) is 16.6 Å². The van der Waals surface area contributed by atoms with Crippen LogP contribution in [0.4, 0.5) is 8.78 Å². The molecule has 2 aromatic carbocycles. The summed E-state index contributed by atoms with van der Waals surface area (Å²) in [7, 11) is -2.99. The number of ether oxygens (including phenoxy) is 1. The van der Waals surface area contributed by atoms with Crippen molar-refractivity contribution < 1.29 is 21.9 Å². The van der Waals surface area contributed by atoms with Gasteiger partial charge in [0.15, 0.2) is 10.8 Å². The van der Waals surface area contributed by atoms with Crippen LogP contribution in [0.2, 0.25) is 0 Å². The molecule has 2 heterocycles. The van der Waals surface area contributed by atoms with Crippen molar-refractivity contribution in [2.75, 3.05) is 7.11 Å². The molecule has 4 aromatic rings. The number of methoxy groups -OCH3 is 1. The topological polar surface area (TPSA) is 73.6 Å². The van der Waals surface area contributed by atoms with Crippen LogP contribution in [0.3, 0.4) is 0 Å². The van der Waals surface area contributed by atoms with E-state index in [0.29, 0.717) is 16.6 Å². The van der Waals surface area contributed by atoms with Crippen LogP contribution in [0, 0.1) is 6.92 Å². The zero-order valence-electron chi connectivity index (χ0n) is 16.0. The summed E-state index contributed by atoms with van der Waals surface area (Å²) in [5.74, 6) is -2.25. The Balaban J connectivity index is 1.66. The summed E-state index contributed by atoms with van der Waals surface area (Å²) in [6.07, 6.45) is 0. The number of fused-ring (bicyclic) bond motifs is 3. The molecule has 0 aliphatic carbocycles. The summed E-state index contributed by atoms with van der Waals surface area (Å²) in [6.45, 7) is 2.01. The molecule has 10 heteroatoms. The van der Waals surface area contributed by atoms with Gasteiger partial charge in [-0.2, -0.15) is 8.78 Å². The number of thioether (sulfide) groups is 1. The Bertz CT molecular complexity index is 1340. The van der Waals surface area contributed by atoms with Crippen molar-refractivity contribution in [2.45, 2.75) is 28.5 Å². The molecule has 156 valence electrons. The Morgan fingerprint density at radius 3 is 2.50 bits per heavy atom. The number of benzene rings is 2. The van der Waals surface area contributed by atoms with Gasteiger partial charge in [-0.25, -0.2) is 8.42 Å². The van der Waals surface area contributed by atoms with E-state index in [2.05, 4.69) is 10.2 Å². The minimum atomic E-state index is -4.59. The second-order valence-electron chi connectivity index (χ2n) is 6.62. The quantitative estimate of drug-likeness (QED) is 0.404. The molecule has 6 nitrogen and oxygen atoms in total. The lowest BCUT2D eigenvalue weighted by Gasteiger charge is -2.09. The number of halogens is 2. The van der Waals surface area contributed by atoms with E-state index in [-0.39, 0.29) is 0 Å². The van der Waals surface area contributed by atoms with Crippen LogP contribution in [0.15, 0.2) is 58.6 Å². The third-order valence-corrected chi connectivity index (χ3v) is 7.13. The van der Waals surface area contributed by atoms with E-state index in [1.165, 1.54) is 36.0 Å². The van der Waals surface area contributed by atoms with Gasteiger partial charge in [-0.05, 0) is 48.4 Å². The van der Waals surface area contributed by atoms with E-state index in [9.17, 15) is 17.2 Å². The van der Waals surface area contributed by atoms with Gasteiger partial charge in [-0.15, -0.1) is 10.2 Å². The number of aryl methyl sites for hydroxylation is 1. The number of pyridine rings is 1. The van der Waals surface area contributed by atoms with Crippen molar-refractivity contribution in [3.05, 3.63) is 59.7 Å². The summed E-state index contributed by atoms with van der Waals surface area (Å²) in [5.41, 5.74) is 3.46. The molecule has 0 radical (unpaired) electrons. The summed E-state index contributed by atoms with van der Waals surface area (Å²) >= 11 is 1.41. The number of nitrogens with zero attached hydrogens (tertiary/aromatic N) is 3. The maximum atomic E-state index is 12.7. The molecule has 0 fully saturated rings. The number of hydrogen-bond donors (Lipinski definition) is 0. The van der Waals surface area contributed by atoms with Gasteiger partial charge in [-0.3, -0.25) is 4.40 Å². The summed E-state index contributed by atoms with van der Waals surface area (Å²) < 4.78 is 55.7. The second-order valence-corrected chi connectivity index (χ2v) is 9.49. The van der Waals surface area contributed by atoms with Crippen molar-refractivity contribution in [1.29, 1.82) is 0 Å². The van der Waals surface area contributed by atoms with Crippen LogP contribution in [-0.2, 0) is 15.6 Å². The summed E-state index contributed by atoms with van der Waals surface area (Å²) in [6, 6.07) is 13.2. The summed E-state index contributed by atoms with van der Waals surface area (Å²) in [5, 5.41) is 10.2. The van der Waals surface area contributed by atoms with E-state index >= 15 is 0 Å². The van der Waals surface area contributed by atoms with Crippen LogP contribution in [0.5, 0.6) is 5.75 Å². The van der Waals surface area contributed by atoms with Gasteiger partial charge in [-0.1, -0.05) is 23.9 Å². The fourth-order valence-corrected chi connectivity index (χ4v) is 4.78. The van der Waals surface area contributed by atoms with Crippen LogP contribution in [-0.4, -0.2) is 35.9 Å². The van der Waals surface area contributed by atoms with Crippen molar-refractivity contribution in [3.8, 4) is 5.75 Å². The summed E-state index contributed by atoms with van der Waals surface area (Å²) in [4.78, 5) is -0.396. The highest BCUT2D eigenvalue weighted by Gasteiger charge is 2.26. The SMILES string of the molecule is COc1ccc2c(C)cc3nnc(SCc4ccc(S(=O)(=O)C(F)F)cc4)n3c2c1. The highest BCUT2D eigenvalue weighted by molar-refractivity contribution is 7.98. The molecule has 0 unspecified atom stereocenters. The third kappa shape index (κ3) is 3.61. The largest absolute Gasteiger partial charge is 0.497 e. The standard InChI is InChI=1S/C20H17F2N3O3S2/c1-12-9-18-23-24-20(25(18)17-10-14(28-2)5-8-16(12)17)29-11-13-3-6-15(7-4-13)30(26,27)19(21)22/h3-10,19H,11H2,1-2H3.